The van der Waals surface area contributed by atoms with Crippen LogP contribution in [-0.4, -0.2) is 75.3 Å². The lowest BCUT2D eigenvalue weighted by Gasteiger charge is -2.36. The molecule has 1 aliphatic rings. The Labute approximate surface area is 185 Å². The summed E-state index contributed by atoms with van der Waals surface area (Å²) < 4.78 is 33.1. The second-order valence-electron chi connectivity index (χ2n) is 7.64. The van der Waals surface area contributed by atoms with Gasteiger partial charge in [-0.3, -0.25) is 4.79 Å². The van der Waals surface area contributed by atoms with Crippen LogP contribution in [-0.2, 0) is 14.8 Å². The number of piperazine rings is 1. The molecule has 1 atom stereocenters. The summed E-state index contributed by atoms with van der Waals surface area (Å²) in [7, 11) is -0.645. The van der Waals surface area contributed by atoms with Crippen LogP contribution in [0.3, 0.4) is 0 Å². The van der Waals surface area contributed by atoms with Gasteiger partial charge in [0.15, 0.2) is 0 Å². The number of ether oxygens (including phenoxy) is 1. The van der Waals surface area contributed by atoms with Gasteiger partial charge < -0.3 is 14.5 Å². The fourth-order valence-electron chi connectivity index (χ4n) is 3.82. The highest BCUT2D eigenvalue weighted by atomic mass is 32.2. The average molecular weight is 446 g/mol. The standard InChI is InChI=1S/C23H31N3O4S/c1-4-25-14-16-26(17-15-25)23(27)18-22(19-10-12-20(30-3)13-11-19)24(2)31(28,29)21-8-6-5-7-9-21/h5-13,22H,4,14-18H2,1-3H3/t22-/m1/s1. The van der Waals surface area contributed by atoms with E-state index in [0.29, 0.717) is 18.8 Å². The van der Waals surface area contributed by atoms with Crippen LogP contribution in [0.5, 0.6) is 5.75 Å². The number of nitrogens with zero attached hydrogens (tertiary/aromatic N) is 3. The highest BCUT2D eigenvalue weighted by molar-refractivity contribution is 7.89. The fourth-order valence-corrected chi connectivity index (χ4v) is 5.18. The number of hydrogen-bond donors (Lipinski definition) is 0. The van der Waals surface area contributed by atoms with Gasteiger partial charge in [0.1, 0.15) is 5.75 Å². The van der Waals surface area contributed by atoms with Crippen molar-refractivity contribution in [2.75, 3.05) is 46.9 Å². The molecule has 0 spiro atoms. The summed E-state index contributed by atoms with van der Waals surface area (Å²) in [5.74, 6) is 0.643. The molecule has 8 heteroatoms. The van der Waals surface area contributed by atoms with Crippen LogP contribution in [0, 0.1) is 0 Å². The van der Waals surface area contributed by atoms with Gasteiger partial charge in [-0.2, -0.15) is 4.31 Å². The van der Waals surface area contributed by atoms with Gasteiger partial charge in [-0.1, -0.05) is 37.3 Å². The molecule has 1 fully saturated rings. The maximum Gasteiger partial charge on any atom is 0.243 e. The molecule has 0 N–H and O–H groups in total. The lowest BCUT2D eigenvalue weighted by Crippen LogP contribution is -2.49. The molecule has 0 radical (unpaired) electrons. The van der Waals surface area contributed by atoms with Crippen LogP contribution in [0.2, 0.25) is 0 Å². The van der Waals surface area contributed by atoms with Gasteiger partial charge in [0.2, 0.25) is 15.9 Å². The molecule has 2 aromatic carbocycles. The number of carbonyl (C=O) groups is 1. The molecule has 1 aliphatic heterocycles. The first-order chi connectivity index (χ1) is 14.9. The van der Waals surface area contributed by atoms with E-state index in [2.05, 4.69) is 11.8 Å². The largest absolute Gasteiger partial charge is 0.497 e. The molecule has 3 rings (SSSR count). The quantitative estimate of drug-likeness (QED) is 0.625. The Morgan fingerprint density at radius 1 is 1.03 bits per heavy atom. The Bertz CT molecular complexity index is 956. The number of amides is 1. The number of rotatable bonds is 8. The minimum atomic E-state index is -3.77. The van der Waals surface area contributed by atoms with E-state index >= 15 is 0 Å². The van der Waals surface area contributed by atoms with Crippen molar-refractivity contribution >= 4 is 15.9 Å². The van der Waals surface area contributed by atoms with E-state index in [1.54, 1.807) is 56.6 Å². The zero-order valence-electron chi connectivity index (χ0n) is 18.4. The Kier molecular flexibility index (Phi) is 7.69. The lowest BCUT2D eigenvalue weighted by atomic mass is 10.0. The lowest BCUT2D eigenvalue weighted by molar-refractivity contribution is -0.133. The number of hydrogen-bond acceptors (Lipinski definition) is 5. The predicted molar refractivity (Wildman–Crippen MR) is 120 cm³/mol. The van der Waals surface area contributed by atoms with Crippen LogP contribution in [0.15, 0.2) is 59.5 Å². The number of sulfonamides is 1. The molecule has 31 heavy (non-hydrogen) atoms. The molecule has 168 valence electrons. The molecule has 0 bridgehead atoms. The molecular weight excluding hydrogens is 414 g/mol. The van der Waals surface area contributed by atoms with Gasteiger partial charge in [0.25, 0.3) is 0 Å². The summed E-state index contributed by atoms with van der Waals surface area (Å²) >= 11 is 0. The monoisotopic (exact) mass is 445 g/mol. The van der Waals surface area contributed by atoms with E-state index in [1.807, 2.05) is 17.0 Å². The minimum Gasteiger partial charge on any atom is -0.497 e. The van der Waals surface area contributed by atoms with Crippen LogP contribution in [0.4, 0.5) is 0 Å². The summed E-state index contributed by atoms with van der Waals surface area (Å²) in [6.07, 6.45) is 0.0843. The molecule has 0 unspecified atom stereocenters. The Balaban J connectivity index is 1.87. The normalized spacial score (nSPS) is 16.3. The first-order valence-corrected chi connectivity index (χ1v) is 12.0. The first kappa shape index (κ1) is 23.2. The van der Waals surface area contributed by atoms with Crippen molar-refractivity contribution in [1.29, 1.82) is 0 Å². The molecule has 0 aliphatic carbocycles. The van der Waals surface area contributed by atoms with E-state index in [9.17, 15) is 13.2 Å². The Hall–Kier alpha value is -2.42. The smallest absolute Gasteiger partial charge is 0.243 e. The van der Waals surface area contributed by atoms with Gasteiger partial charge in [0.05, 0.1) is 18.0 Å². The Morgan fingerprint density at radius 3 is 2.19 bits per heavy atom. The van der Waals surface area contributed by atoms with Crippen LogP contribution in [0.1, 0.15) is 24.9 Å². The third-order valence-corrected chi connectivity index (χ3v) is 7.78. The van der Waals surface area contributed by atoms with Gasteiger partial charge in [0, 0.05) is 39.6 Å². The number of methoxy groups -OCH3 is 1. The third kappa shape index (κ3) is 5.44. The second kappa shape index (κ2) is 10.3. The summed E-state index contributed by atoms with van der Waals surface area (Å²) in [6, 6.07) is 14.9. The Morgan fingerprint density at radius 2 is 1.65 bits per heavy atom. The highest BCUT2D eigenvalue weighted by Crippen LogP contribution is 2.30. The van der Waals surface area contributed by atoms with Crippen molar-refractivity contribution < 1.29 is 17.9 Å². The molecule has 1 amide bonds. The van der Waals surface area contributed by atoms with E-state index < -0.39 is 16.1 Å². The highest BCUT2D eigenvalue weighted by Gasteiger charge is 2.32. The van der Waals surface area contributed by atoms with Gasteiger partial charge in [-0.25, -0.2) is 8.42 Å². The summed E-state index contributed by atoms with van der Waals surface area (Å²) in [5.41, 5.74) is 0.753. The summed E-state index contributed by atoms with van der Waals surface area (Å²) in [4.78, 5) is 17.5. The molecule has 7 nitrogen and oxygen atoms in total. The van der Waals surface area contributed by atoms with E-state index in [4.69, 9.17) is 4.74 Å². The van der Waals surface area contributed by atoms with Crippen LogP contribution in [0.25, 0.3) is 0 Å². The number of benzene rings is 2. The maximum atomic E-state index is 13.3. The molecule has 2 aromatic rings. The SMILES string of the molecule is CCN1CCN(C(=O)C[C@H](c2ccc(OC)cc2)N(C)S(=O)(=O)c2ccccc2)CC1. The average Bonchev–Trinajstić information content (AvgIpc) is 2.82. The number of carbonyl (C=O) groups excluding carboxylic acids is 1. The van der Waals surface area contributed by atoms with Crippen LogP contribution >= 0.6 is 0 Å². The summed E-state index contributed by atoms with van der Waals surface area (Å²) in [5, 5.41) is 0. The zero-order valence-corrected chi connectivity index (χ0v) is 19.2. The fraction of sp³-hybridized carbons (Fsp3) is 0.435. The van der Waals surface area contributed by atoms with E-state index in [-0.39, 0.29) is 17.2 Å². The van der Waals surface area contributed by atoms with Gasteiger partial charge in [-0.05, 0) is 36.4 Å². The number of likely N-dealkylation sites (N-methyl/N-ethyl adjacent to an activating group) is 1. The first-order valence-electron chi connectivity index (χ1n) is 10.5. The molecular formula is C23H31N3O4S. The minimum absolute atomic E-state index is 0.0355. The molecule has 1 saturated heterocycles. The molecule has 0 saturated carbocycles. The van der Waals surface area contributed by atoms with Crippen molar-refractivity contribution in [2.24, 2.45) is 0 Å². The van der Waals surface area contributed by atoms with Gasteiger partial charge >= 0.3 is 0 Å². The topological polar surface area (TPSA) is 70.2 Å². The molecule has 0 aromatic heterocycles. The van der Waals surface area contributed by atoms with Gasteiger partial charge in [-0.15, -0.1) is 0 Å². The third-order valence-electron chi connectivity index (χ3n) is 5.90. The second-order valence-corrected chi connectivity index (χ2v) is 9.64. The van der Waals surface area contributed by atoms with Crippen LogP contribution < -0.4 is 4.74 Å². The maximum absolute atomic E-state index is 13.3. The summed E-state index contributed by atoms with van der Waals surface area (Å²) in [6.45, 7) is 6.09. The van der Waals surface area contributed by atoms with Crippen molar-refractivity contribution in [2.45, 2.75) is 24.3 Å². The van der Waals surface area contributed by atoms with E-state index in [1.165, 1.54) is 4.31 Å². The molecule has 1 heterocycles. The van der Waals surface area contributed by atoms with Crippen molar-refractivity contribution in [1.82, 2.24) is 14.1 Å². The predicted octanol–water partition coefficient (Wildman–Crippen LogP) is 2.61. The zero-order chi connectivity index (χ0) is 22.4. The van der Waals surface area contributed by atoms with Crippen molar-refractivity contribution in [3.05, 3.63) is 60.2 Å². The van der Waals surface area contributed by atoms with Crippen molar-refractivity contribution in [3.8, 4) is 5.75 Å². The van der Waals surface area contributed by atoms with E-state index in [0.717, 1.165) is 25.2 Å². The van der Waals surface area contributed by atoms with Crippen molar-refractivity contribution in [3.63, 3.8) is 0 Å².